The highest BCUT2D eigenvalue weighted by Crippen LogP contribution is 2.17. The lowest BCUT2D eigenvalue weighted by Gasteiger charge is -2.12. The zero-order valence-corrected chi connectivity index (χ0v) is 12.5. The lowest BCUT2D eigenvalue weighted by molar-refractivity contribution is -0.141. The fourth-order valence-corrected chi connectivity index (χ4v) is 2.30. The molecule has 9 nitrogen and oxygen atoms in total. The molecule has 2 atom stereocenters. The number of carboxylic acid groups (broad SMARTS) is 1. The molecule has 9 heteroatoms. The van der Waals surface area contributed by atoms with Crippen LogP contribution in [0.1, 0.15) is 23.7 Å². The highest BCUT2D eigenvalue weighted by atomic mass is 17.0. The number of carboxylic acids is 1. The number of esters is 1. The summed E-state index contributed by atoms with van der Waals surface area (Å²) in [6.45, 7) is 2.45. The van der Waals surface area contributed by atoms with Crippen molar-refractivity contribution in [3.63, 3.8) is 0 Å². The normalized spacial score (nSPS) is 18.8. The van der Waals surface area contributed by atoms with Gasteiger partial charge in [0.2, 0.25) is 0 Å². The minimum atomic E-state index is -0.856. The molecule has 1 saturated heterocycles. The van der Waals surface area contributed by atoms with Crippen LogP contribution in [0.5, 0.6) is 0 Å². The second kappa shape index (κ2) is 6.11. The molecule has 0 saturated carbocycles. The number of nitrogens with zero attached hydrogens (tertiary/aromatic N) is 3. The third-order valence-electron chi connectivity index (χ3n) is 3.54. The van der Waals surface area contributed by atoms with Crippen LogP contribution in [0, 0.1) is 5.92 Å². The summed E-state index contributed by atoms with van der Waals surface area (Å²) in [5.74, 6) is -1.75. The predicted octanol–water partition coefficient (Wildman–Crippen LogP) is 0.557. The van der Waals surface area contributed by atoms with Gasteiger partial charge in [0.05, 0.1) is 18.0 Å². The van der Waals surface area contributed by atoms with Crippen LogP contribution in [-0.2, 0) is 9.53 Å². The van der Waals surface area contributed by atoms with Crippen molar-refractivity contribution in [1.82, 2.24) is 9.98 Å². The van der Waals surface area contributed by atoms with E-state index in [1.807, 2.05) is 0 Å². The Balaban J connectivity index is 1.48. The zero-order chi connectivity index (χ0) is 16.4. The maximum atomic E-state index is 11.9. The predicted molar refractivity (Wildman–Crippen MR) is 76.3 cm³/mol. The second-order valence-electron chi connectivity index (χ2n) is 5.25. The Morgan fingerprint density at radius 1 is 1.35 bits per heavy atom. The highest BCUT2D eigenvalue weighted by molar-refractivity contribution is 5.89. The van der Waals surface area contributed by atoms with Crippen LogP contribution in [0.2, 0.25) is 0 Å². The first-order chi connectivity index (χ1) is 11.0. The van der Waals surface area contributed by atoms with Crippen molar-refractivity contribution in [3.8, 4) is 0 Å². The smallest absolute Gasteiger partial charge is 0.341 e. The maximum Gasteiger partial charge on any atom is 0.341 e. The van der Waals surface area contributed by atoms with Gasteiger partial charge in [0.1, 0.15) is 5.02 Å². The molecule has 0 amide bonds. The van der Waals surface area contributed by atoms with Crippen molar-refractivity contribution >= 4 is 11.9 Å². The molecule has 0 radical (unpaired) electrons. The van der Waals surface area contributed by atoms with Crippen LogP contribution in [0.4, 0.5) is 0 Å². The van der Waals surface area contributed by atoms with Gasteiger partial charge in [-0.1, -0.05) is 18.2 Å². The van der Waals surface area contributed by atoms with Crippen LogP contribution in [0.3, 0.4) is 0 Å². The molecule has 2 aromatic rings. The molecule has 0 bridgehead atoms. The fourth-order valence-electron chi connectivity index (χ4n) is 2.30. The Kier molecular flexibility index (Phi) is 4.00. The van der Waals surface area contributed by atoms with E-state index in [4.69, 9.17) is 19.3 Å². The number of rotatable bonds is 6. The number of ether oxygens (including phenoxy) is 1. The summed E-state index contributed by atoms with van der Waals surface area (Å²) >= 11 is 0. The highest BCUT2D eigenvalue weighted by Gasteiger charge is 2.34. The standard InChI is InChI=1S/C14H17N3O6/c1-10(21-14(20)11-5-3-2-4-6-11)22-17-16(23-17)15-8-7-12(9-15)13(18)19/h2-6,10,12H,7-9H2,1H3,(H,18,19). The van der Waals surface area contributed by atoms with E-state index in [0.717, 1.165) is 5.02 Å². The molecule has 1 aliphatic heterocycles. The third kappa shape index (κ3) is 3.50. The zero-order valence-electron chi connectivity index (χ0n) is 12.5. The summed E-state index contributed by atoms with van der Waals surface area (Å²) in [6.07, 6.45) is -0.313. The Bertz CT molecular complexity index is 673. The monoisotopic (exact) mass is 323 g/mol. The van der Waals surface area contributed by atoms with Gasteiger partial charge in [-0.3, -0.25) is 9.80 Å². The summed E-state index contributed by atoms with van der Waals surface area (Å²) < 4.78 is 10.2. The van der Waals surface area contributed by atoms with E-state index in [9.17, 15) is 9.59 Å². The van der Waals surface area contributed by atoms with Gasteiger partial charge < -0.3 is 14.7 Å². The Labute approximate surface area is 131 Å². The van der Waals surface area contributed by atoms with Gasteiger partial charge in [-0.2, -0.15) is 4.63 Å². The van der Waals surface area contributed by atoms with Gasteiger partial charge in [0, 0.05) is 18.4 Å². The molecule has 2 heterocycles. The van der Waals surface area contributed by atoms with Gasteiger partial charge >= 0.3 is 11.9 Å². The maximum absolute atomic E-state index is 11.9. The third-order valence-corrected chi connectivity index (χ3v) is 3.54. The van der Waals surface area contributed by atoms with E-state index in [1.54, 1.807) is 42.3 Å². The van der Waals surface area contributed by atoms with Crippen LogP contribution >= 0.6 is 0 Å². The van der Waals surface area contributed by atoms with E-state index in [2.05, 4.69) is 0 Å². The average molecular weight is 323 g/mol. The topological polar surface area (TPSA) is 99.1 Å². The molecule has 23 heavy (non-hydrogen) atoms. The summed E-state index contributed by atoms with van der Waals surface area (Å²) in [7, 11) is 0. The van der Waals surface area contributed by atoms with Crippen LogP contribution in [0.25, 0.3) is 0 Å². The molecule has 1 fully saturated rings. The first kappa shape index (κ1) is 15.1. The number of aromatic nitrogens is 2. The summed E-state index contributed by atoms with van der Waals surface area (Å²) in [5, 5.41) is 11.7. The average Bonchev–Trinajstić information content (AvgIpc) is 3.11. The Morgan fingerprint density at radius 2 is 2.09 bits per heavy atom. The second-order valence-corrected chi connectivity index (χ2v) is 5.25. The fraction of sp³-hybridized carbons (Fsp3) is 0.429. The van der Waals surface area contributed by atoms with Crippen molar-refractivity contribution in [2.45, 2.75) is 19.6 Å². The van der Waals surface area contributed by atoms with Crippen molar-refractivity contribution in [1.29, 1.82) is 0 Å². The minimum Gasteiger partial charge on any atom is -0.481 e. The van der Waals surface area contributed by atoms with Gasteiger partial charge in [-0.25, -0.2) is 4.79 Å². The molecule has 3 rings (SSSR count). The molecule has 1 aromatic heterocycles. The van der Waals surface area contributed by atoms with E-state index in [0.29, 0.717) is 25.1 Å². The SMILES string of the molecule is CC(OC(=O)c1ccccc1)On1on1N1CCC(C(=O)O)C1. The molecule has 0 aliphatic carbocycles. The van der Waals surface area contributed by atoms with Crippen LogP contribution in [-0.4, -0.2) is 46.4 Å². The Hall–Kier alpha value is -2.84. The largest absolute Gasteiger partial charge is 0.481 e. The number of carbonyl (C=O) groups excluding carboxylic acids is 1. The van der Waals surface area contributed by atoms with Crippen LogP contribution < -0.4 is 9.85 Å². The van der Waals surface area contributed by atoms with Gasteiger partial charge in [0.15, 0.2) is 0 Å². The number of hydrogen-bond acceptors (Lipinski definition) is 6. The molecular weight excluding hydrogens is 306 g/mol. The number of aliphatic carboxylic acids is 1. The number of carbonyl (C=O) groups is 2. The van der Waals surface area contributed by atoms with E-state index in [-0.39, 0.29) is 0 Å². The number of hydrogen-bond donors (Lipinski definition) is 1. The summed E-state index contributed by atoms with van der Waals surface area (Å²) in [5.41, 5.74) is 0.426. The Morgan fingerprint density at radius 3 is 2.74 bits per heavy atom. The number of benzene rings is 1. The van der Waals surface area contributed by atoms with Gasteiger partial charge in [-0.05, 0) is 18.6 Å². The summed E-state index contributed by atoms with van der Waals surface area (Å²) in [4.78, 5) is 29.4. The lowest BCUT2D eigenvalue weighted by Crippen LogP contribution is -2.33. The van der Waals surface area contributed by atoms with Crippen molar-refractivity contribution < 1.29 is 28.9 Å². The van der Waals surface area contributed by atoms with E-state index < -0.39 is 24.1 Å². The van der Waals surface area contributed by atoms with Crippen LogP contribution in [0.15, 0.2) is 35.0 Å². The molecular formula is C14H17N3O6. The minimum absolute atomic E-state index is 0.341. The van der Waals surface area contributed by atoms with Crippen molar-refractivity contribution in [3.05, 3.63) is 35.9 Å². The van der Waals surface area contributed by atoms with E-state index >= 15 is 0 Å². The van der Waals surface area contributed by atoms with E-state index in [1.165, 1.54) is 4.96 Å². The van der Waals surface area contributed by atoms with Gasteiger partial charge in [0.25, 0.3) is 6.29 Å². The van der Waals surface area contributed by atoms with Gasteiger partial charge in [-0.15, -0.1) is 0 Å². The molecule has 0 spiro atoms. The van der Waals surface area contributed by atoms with Crippen molar-refractivity contribution in [2.24, 2.45) is 5.92 Å². The molecule has 1 N–H and O–H groups in total. The molecule has 1 aromatic carbocycles. The molecule has 124 valence electrons. The first-order valence-electron chi connectivity index (χ1n) is 7.23. The molecule has 2 unspecified atom stereocenters. The quantitative estimate of drug-likeness (QED) is 0.612. The van der Waals surface area contributed by atoms with Crippen molar-refractivity contribution in [2.75, 3.05) is 18.1 Å². The molecule has 1 aliphatic rings. The lowest BCUT2D eigenvalue weighted by atomic mass is 10.1. The summed E-state index contributed by atoms with van der Waals surface area (Å²) in [6, 6.07) is 8.57. The first-order valence-corrected chi connectivity index (χ1v) is 7.23.